The number of allylic oxidation sites excluding steroid dienone is 1. The minimum Gasteiger partial charge on any atom is -0.490 e. The highest BCUT2D eigenvalue weighted by Gasteiger charge is 2.08. The topological polar surface area (TPSA) is 30.5 Å². The van der Waals surface area contributed by atoms with Crippen LogP contribution in [0.3, 0.4) is 0 Å². The second kappa shape index (κ2) is 9.07. The zero-order valence-electron chi connectivity index (χ0n) is 15.2. The van der Waals surface area contributed by atoms with Crippen LogP contribution >= 0.6 is 0 Å². The first-order valence-corrected chi connectivity index (χ1v) is 8.93. The Morgan fingerprint density at radius 1 is 0.885 bits per heavy atom. The Hall–Kier alpha value is -2.78. The Morgan fingerprint density at radius 3 is 2.42 bits per heavy atom. The highest BCUT2D eigenvalue weighted by molar-refractivity contribution is 5.87. The standard InChI is InChI=1S/C23H25NO2/c1-3-8-19-10-5-7-12-22(19)25-15-16-26-23-14-13-18-9-4-6-11-20(18)21(23)17-24-2/h3-7,9-14,24H,1,8,15-17H2,2H3. The van der Waals surface area contributed by atoms with Crippen molar-refractivity contribution in [3.05, 3.63) is 84.4 Å². The van der Waals surface area contributed by atoms with Gasteiger partial charge in [0.2, 0.25) is 0 Å². The van der Waals surface area contributed by atoms with Gasteiger partial charge in [0.25, 0.3) is 0 Å². The fourth-order valence-electron chi connectivity index (χ4n) is 3.08. The summed E-state index contributed by atoms with van der Waals surface area (Å²) in [6, 6.07) is 20.6. The summed E-state index contributed by atoms with van der Waals surface area (Å²) in [4.78, 5) is 0. The first kappa shape index (κ1) is 18.0. The van der Waals surface area contributed by atoms with E-state index < -0.39 is 0 Å². The minimum atomic E-state index is 0.497. The van der Waals surface area contributed by atoms with Gasteiger partial charge >= 0.3 is 0 Å². The van der Waals surface area contributed by atoms with Gasteiger partial charge in [-0.2, -0.15) is 0 Å². The summed E-state index contributed by atoms with van der Waals surface area (Å²) in [5.74, 6) is 1.80. The molecule has 3 aromatic carbocycles. The summed E-state index contributed by atoms with van der Waals surface area (Å²) in [7, 11) is 1.95. The molecule has 0 radical (unpaired) electrons. The van der Waals surface area contributed by atoms with Crippen molar-refractivity contribution < 1.29 is 9.47 Å². The molecule has 0 saturated carbocycles. The average molecular weight is 347 g/mol. The Morgan fingerprint density at radius 2 is 1.62 bits per heavy atom. The van der Waals surface area contributed by atoms with Crippen molar-refractivity contribution in [1.29, 1.82) is 0 Å². The van der Waals surface area contributed by atoms with Gasteiger partial charge in [-0.25, -0.2) is 0 Å². The molecule has 0 heterocycles. The Balaban J connectivity index is 1.67. The number of para-hydroxylation sites is 1. The SMILES string of the molecule is C=CCc1ccccc1OCCOc1ccc2ccccc2c1CNC. The van der Waals surface area contributed by atoms with E-state index in [1.807, 2.05) is 37.4 Å². The molecular weight excluding hydrogens is 322 g/mol. The smallest absolute Gasteiger partial charge is 0.124 e. The number of nitrogens with one attached hydrogen (secondary N) is 1. The van der Waals surface area contributed by atoms with E-state index in [0.29, 0.717) is 13.2 Å². The zero-order chi connectivity index (χ0) is 18.2. The molecule has 0 aromatic heterocycles. The number of benzene rings is 3. The zero-order valence-corrected chi connectivity index (χ0v) is 15.2. The third-order valence-electron chi connectivity index (χ3n) is 4.29. The van der Waals surface area contributed by atoms with Crippen LogP contribution in [0.4, 0.5) is 0 Å². The van der Waals surface area contributed by atoms with E-state index in [1.165, 1.54) is 16.3 Å². The average Bonchev–Trinajstić information content (AvgIpc) is 2.68. The van der Waals surface area contributed by atoms with Crippen LogP contribution in [0.2, 0.25) is 0 Å². The molecule has 0 unspecified atom stereocenters. The molecule has 0 fully saturated rings. The van der Waals surface area contributed by atoms with E-state index in [4.69, 9.17) is 9.47 Å². The van der Waals surface area contributed by atoms with Crippen LogP contribution in [0, 0.1) is 0 Å². The predicted molar refractivity (Wildman–Crippen MR) is 108 cm³/mol. The van der Waals surface area contributed by atoms with Crippen molar-refractivity contribution in [2.75, 3.05) is 20.3 Å². The molecule has 0 atom stereocenters. The first-order chi connectivity index (χ1) is 12.8. The van der Waals surface area contributed by atoms with Gasteiger partial charge in [0.15, 0.2) is 0 Å². The largest absolute Gasteiger partial charge is 0.490 e. The lowest BCUT2D eigenvalue weighted by Gasteiger charge is -2.15. The van der Waals surface area contributed by atoms with E-state index in [2.05, 4.69) is 48.3 Å². The van der Waals surface area contributed by atoms with Gasteiger partial charge in [0.1, 0.15) is 24.7 Å². The fourth-order valence-corrected chi connectivity index (χ4v) is 3.08. The van der Waals surface area contributed by atoms with Crippen molar-refractivity contribution in [1.82, 2.24) is 5.32 Å². The van der Waals surface area contributed by atoms with Gasteiger partial charge in [0, 0.05) is 12.1 Å². The van der Waals surface area contributed by atoms with Crippen LogP contribution in [-0.4, -0.2) is 20.3 Å². The van der Waals surface area contributed by atoms with Crippen molar-refractivity contribution in [2.45, 2.75) is 13.0 Å². The van der Waals surface area contributed by atoms with Crippen molar-refractivity contribution >= 4 is 10.8 Å². The van der Waals surface area contributed by atoms with Crippen molar-refractivity contribution in [3.63, 3.8) is 0 Å². The number of rotatable bonds is 9. The van der Waals surface area contributed by atoms with Crippen molar-refractivity contribution in [3.8, 4) is 11.5 Å². The summed E-state index contributed by atoms with van der Waals surface area (Å²) in [5.41, 5.74) is 2.32. The van der Waals surface area contributed by atoms with Crippen LogP contribution in [0.1, 0.15) is 11.1 Å². The van der Waals surface area contributed by atoms with Gasteiger partial charge in [-0.3, -0.25) is 0 Å². The Kier molecular flexibility index (Phi) is 6.29. The maximum atomic E-state index is 6.03. The quantitative estimate of drug-likeness (QED) is 0.448. The number of ether oxygens (including phenoxy) is 2. The predicted octanol–water partition coefficient (Wildman–Crippen LogP) is 4.75. The molecule has 3 heteroatoms. The van der Waals surface area contributed by atoms with E-state index in [9.17, 15) is 0 Å². The van der Waals surface area contributed by atoms with Gasteiger partial charge in [-0.15, -0.1) is 6.58 Å². The van der Waals surface area contributed by atoms with E-state index >= 15 is 0 Å². The molecule has 0 aliphatic heterocycles. The third kappa shape index (κ3) is 4.24. The molecule has 134 valence electrons. The molecular formula is C23H25NO2. The van der Waals surface area contributed by atoms with Crippen LogP contribution in [0.25, 0.3) is 10.8 Å². The van der Waals surface area contributed by atoms with Crippen LogP contribution in [0.15, 0.2) is 73.3 Å². The van der Waals surface area contributed by atoms with Gasteiger partial charge in [0.05, 0.1) is 0 Å². The normalized spacial score (nSPS) is 10.7. The number of hydrogen-bond acceptors (Lipinski definition) is 3. The molecule has 3 nitrogen and oxygen atoms in total. The van der Waals surface area contributed by atoms with Crippen LogP contribution in [0.5, 0.6) is 11.5 Å². The Bertz CT molecular complexity index is 873. The fraction of sp³-hybridized carbons (Fsp3) is 0.217. The maximum absolute atomic E-state index is 6.03. The second-order valence-electron chi connectivity index (χ2n) is 6.09. The molecule has 26 heavy (non-hydrogen) atoms. The van der Waals surface area contributed by atoms with E-state index in [1.54, 1.807) is 0 Å². The summed E-state index contributed by atoms with van der Waals surface area (Å²) in [6.07, 6.45) is 2.69. The highest BCUT2D eigenvalue weighted by Crippen LogP contribution is 2.28. The van der Waals surface area contributed by atoms with Gasteiger partial charge in [-0.05, 0) is 41.9 Å². The van der Waals surface area contributed by atoms with Crippen LogP contribution in [-0.2, 0) is 13.0 Å². The number of hydrogen-bond donors (Lipinski definition) is 1. The second-order valence-corrected chi connectivity index (χ2v) is 6.09. The molecule has 0 amide bonds. The molecule has 0 bridgehead atoms. The summed E-state index contributed by atoms with van der Waals surface area (Å²) in [6.45, 7) is 5.56. The van der Waals surface area contributed by atoms with Crippen molar-refractivity contribution in [2.24, 2.45) is 0 Å². The lowest BCUT2D eigenvalue weighted by atomic mass is 10.0. The molecule has 0 aliphatic carbocycles. The molecule has 0 saturated heterocycles. The molecule has 3 rings (SSSR count). The monoisotopic (exact) mass is 347 g/mol. The molecule has 1 N–H and O–H groups in total. The minimum absolute atomic E-state index is 0.497. The molecule has 0 spiro atoms. The van der Waals surface area contributed by atoms with E-state index in [0.717, 1.165) is 30.0 Å². The summed E-state index contributed by atoms with van der Waals surface area (Å²) < 4.78 is 11.9. The van der Waals surface area contributed by atoms with E-state index in [-0.39, 0.29) is 0 Å². The van der Waals surface area contributed by atoms with Gasteiger partial charge in [-0.1, -0.05) is 54.6 Å². The highest BCUT2D eigenvalue weighted by atomic mass is 16.5. The Labute approximate surface area is 155 Å². The van der Waals surface area contributed by atoms with Gasteiger partial charge < -0.3 is 14.8 Å². The lowest BCUT2D eigenvalue weighted by Crippen LogP contribution is -2.13. The number of fused-ring (bicyclic) bond motifs is 1. The molecule has 3 aromatic rings. The first-order valence-electron chi connectivity index (χ1n) is 8.93. The summed E-state index contributed by atoms with van der Waals surface area (Å²) in [5, 5.41) is 5.67. The third-order valence-corrected chi connectivity index (χ3v) is 4.29. The summed E-state index contributed by atoms with van der Waals surface area (Å²) >= 11 is 0. The lowest BCUT2D eigenvalue weighted by molar-refractivity contribution is 0.215. The maximum Gasteiger partial charge on any atom is 0.124 e. The van der Waals surface area contributed by atoms with Crippen LogP contribution < -0.4 is 14.8 Å². The molecule has 0 aliphatic rings.